The molecule has 6 nitrogen and oxygen atoms in total. The van der Waals surface area contributed by atoms with Crippen LogP contribution in [-0.4, -0.2) is 31.2 Å². The van der Waals surface area contributed by atoms with Crippen LogP contribution in [0.5, 0.6) is 11.5 Å². The highest BCUT2D eigenvalue weighted by atomic mass is 19.1. The molecular formula is C20H17F2NO5. The van der Waals surface area contributed by atoms with Crippen LogP contribution in [-0.2, 0) is 14.3 Å². The molecule has 2 aromatic rings. The number of benzene rings is 2. The Balaban J connectivity index is 1.56. The van der Waals surface area contributed by atoms with E-state index in [1.807, 2.05) is 0 Å². The molecule has 1 aliphatic heterocycles. The number of nitrogens with one attached hydrogen (secondary N) is 1. The zero-order valence-electron chi connectivity index (χ0n) is 14.9. The van der Waals surface area contributed by atoms with E-state index < -0.39 is 29.6 Å². The molecule has 0 bridgehead atoms. The molecule has 1 amide bonds. The van der Waals surface area contributed by atoms with E-state index in [4.69, 9.17) is 14.2 Å². The first kappa shape index (κ1) is 19.3. The van der Waals surface area contributed by atoms with Crippen LogP contribution in [0, 0.1) is 11.6 Å². The Morgan fingerprint density at radius 3 is 2.61 bits per heavy atom. The van der Waals surface area contributed by atoms with E-state index in [-0.39, 0.29) is 5.69 Å². The average Bonchev–Trinajstić information content (AvgIpc) is 2.68. The summed E-state index contributed by atoms with van der Waals surface area (Å²) in [5.74, 6) is -1.98. The number of ether oxygens (including phenoxy) is 3. The lowest BCUT2D eigenvalue weighted by atomic mass is 10.2. The van der Waals surface area contributed by atoms with Gasteiger partial charge in [-0.2, -0.15) is 0 Å². The van der Waals surface area contributed by atoms with Crippen molar-refractivity contribution in [3.63, 3.8) is 0 Å². The van der Waals surface area contributed by atoms with Gasteiger partial charge >= 0.3 is 5.97 Å². The molecule has 3 rings (SSSR count). The Hall–Kier alpha value is -3.42. The van der Waals surface area contributed by atoms with E-state index in [2.05, 4.69) is 5.32 Å². The second-order valence-electron chi connectivity index (χ2n) is 5.93. The topological polar surface area (TPSA) is 73.9 Å². The fourth-order valence-electron chi connectivity index (χ4n) is 2.42. The van der Waals surface area contributed by atoms with Gasteiger partial charge in [-0.25, -0.2) is 13.6 Å². The van der Waals surface area contributed by atoms with Crippen molar-refractivity contribution in [3.8, 4) is 11.5 Å². The van der Waals surface area contributed by atoms with Crippen molar-refractivity contribution in [2.24, 2.45) is 0 Å². The number of carbonyl (C=O) groups is 2. The Labute approximate surface area is 159 Å². The van der Waals surface area contributed by atoms with E-state index in [9.17, 15) is 18.4 Å². The molecule has 2 aromatic carbocycles. The van der Waals surface area contributed by atoms with Crippen molar-refractivity contribution in [3.05, 3.63) is 59.7 Å². The Kier molecular flexibility index (Phi) is 5.88. The fourth-order valence-corrected chi connectivity index (χ4v) is 2.42. The molecule has 1 N–H and O–H groups in total. The largest absolute Gasteiger partial charge is 0.486 e. The SMILES string of the molecule is C[C@@H](OC(=O)/C=C/c1ccc2c(c1)OCCO2)C(=O)Nc1ccc(F)cc1F. The highest BCUT2D eigenvalue weighted by molar-refractivity contribution is 5.96. The van der Waals surface area contributed by atoms with Gasteiger partial charge < -0.3 is 19.5 Å². The molecule has 0 spiro atoms. The average molecular weight is 389 g/mol. The van der Waals surface area contributed by atoms with Gasteiger partial charge in [-0.05, 0) is 42.8 Å². The second-order valence-corrected chi connectivity index (χ2v) is 5.93. The van der Waals surface area contributed by atoms with Crippen LogP contribution in [0.1, 0.15) is 12.5 Å². The predicted octanol–water partition coefficient (Wildman–Crippen LogP) is 3.32. The number of esters is 1. The lowest BCUT2D eigenvalue weighted by molar-refractivity contribution is -0.148. The molecule has 1 heterocycles. The summed E-state index contributed by atoms with van der Waals surface area (Å²) in [5, 5.41) is 2.24. The normalized spacial score (nSPS) is 13.8. The molecule has 0 saturated carbocycles. The van der Waals surface area contributed by atoms with Crippen LogP contribution in [0.2, 0.25) is 0 Å². The lowest BCUT2D eigenvalue weighted by Crippen LogP contribution is -2.29. The molecule has 0 aliphatic carbocycles. The molecule has 1 aliphatic rings. The van der Waals surface area contributed by atoms with Gasteiger partial charge in [0.1, 0.15) is 24.8 Å². The van der Waals surface area contributed by atoms with Crippen molar-refractivity contribution in [1.82, 2.24) is 0 Å². The number of anilines is 1. The maximum atomic E-state index is 13.6. The monoisotopic (exact) mass is 389 g/mol. The summed E-state index contributed by atoms with van der Waals surface area (Å²) < 4.78 is 42.3. The second kappa shape index (κ2) is 8.51. The van der Waals surface area contributed by atoms with Crippen LogP contribution in [0.4, 0.5) is 14.5 Å². The van der Waals surface area contributed by atoms with Crippen molar-refractivity contribution in [2.45, 2.75) is 13.0 Å². The van der Waals surface area contributed by atoms with Gasteiger partial charge in [-0.15, -0.1) is 0 Å². The van der Waals surface area contributed by atoms with Crippen LogP contribution < -0.4 is 14.8 Å². The first-order valence-electron chi connectivity index (χ1n) is 8.46. The number of halogens is 2. The van der Waals surface area contributed by atoms with E-state index in [1.165, 1.54) is 13.0 Å². The molecule has 0 aromatic heterocycles. The summed E-state index contributed by atoms with van der Waals surface area (Å²) in [6.07, 6.45) is 1.49. The summed E-state index contributed by atoms with van der Waals surface area (Å²) in [7, 11) is 0. The molecule has 146 valence electrons. The zero-order valence-corrected chi connectivity index (χ0v) is 14.9. The third kappa shape index (κ3) is 4.85. The van der Waals surface area contributed by atoms with Gasteiger partial charge in [-0.3, -0.25) is 4.79 Å². The minimum atomic E-state index is -1.18. The maximum absolute atomic E-state index is 13.6. The number of rotatable bonds is 5. The van der Waals surface area contributed by atoms with Crippen molar-refractivity contribution in [1.29, 1.82) is 0 Å². The number of hydrogen-bond acceptors (Lipinski definition) is 5. The number of carbonyl (C=O) groups excluding carboxylic acids is 2. The molecule has 28 heavy (non-hydrogen) atoms. The minimum Gasteiger partial charge on any atom is -0.486 e. The molecule has 0 radical (unpaired) electrons. The third-order valence-corrected chi connectivity index (χ3v) is 3.83. The van der Waals surface area contributed by atoms with E-state index >= 15 is 0 Å². The van der Waals surface area contributed by atoms with Crippen LogP contribution >= 0.6 is 0 Å². The summed E-state index contributed by atoms with van der Waals surface area (Å²) in [5.41, 5.74) is 0.479. The number of amides is 1. The van der Waals surface area contributed by atoms with E-state index in [1.54, 1.807) is 18.2 Å². The summed E-state index contributed by atoms with van der Waals surface area (Å²) in [6.45, 7) is 2.27. The Morgan fingerprint density at radius 1 is 1.11 bits per heavy atom. The molecule has 0 unspecified atom stereocenters. The summed E-state index contributed by atoms with van der Waals surface area (Å²) >= 11 is 0. The van der Waals surface area contributed by atoms with Gasteiger partial charge in [0, 0.05) is 12.1 Å². The Bertz CT molecular complexity index is 929. The van der Waals surface area contributed by atoms with Crippen molar-refractivity contribution < 1.29 is 32.6 Å². The molecule has 8 heteroatoms. The van der Waals surface area contributed by atoms with Crippen molar-refractivity contribution in [2.75, 3.05) is 18.5 Å². The first-order valence-corrected chi connectivity index (χ1v) is 8.46. The molecular weight excluding hydrogens is 372 g/mol. The Morgan fingerprint density at radius 2 is 1.86 bits per heavy atom. The minimum absolute atomic E-state index is 0.207. The fraction of sp³-hybridized carbons (Fsp3) is 0.200. The number of fused-ring (bicyclic) bond motifs is 1. The van der Waals surface area contributed by atoms with Gasteiger partial charge in [0.15, 0.2) is 17.6 Å². The quantitative estimate of drug-likeness (QED) is 0.627. The van der Waals surface area contributed by atoms with Crippen LogP contribution in [0.25, 0.3) is 6.08 Å². The van der Waals surface area contributed by atoms with E-state index in [0.717, 1.165) is 18.2 Å². The first-order chi connectivity index (χ1) is 13.4. The number of hydrogen-bond donors (Lipinski definition) is 1. The zero-order chi connectivity index (χ0) is 20.1. The molecule has 1 atom stereocenters. The lowest BCUT2D eigenvalue weighted by Gasteiger charge is -2.18. The van der Waals surface area contributed by atoms with Crippen molar-refractivity contribution >= 4 is 23.6 Å². The van der Waals surface area contributed by atoms with Gasteiger partial charge in [0.05, 0.1) is 5.69 Å². The van der Waals surface area contributed by atoms with Crippen LogP contribution in [0.3, 0.4) is 0 Å². The smallest absolute Gasteiger partial charge is 0.331 e. The standard InChI is InChI=1S/C20H17F2NO5/c1-12(20(25)23-16-5-4-14(21)11-15(16)22)28-19(24)7-3-13-2-6-17-18(10-13)27-9-8-26-17/h2-7,10-12H,8-9H2,1H3,(H,23,25)/b7-3+/t12-/m1/s1. The molecule has 0 saturated heterocycles. The summed E-state index contributed by atoms with van der Waals surface area (Å²) in [6, 6.07) is 7.91. The highest BCUT2D eigenvalue weighted by Gasteiger charge is 2.18. The maximum Gasteiger partial charge on any atom is 0.331 e. The van der Waals surface area contributed by atoms with Crippen LogP contribution in [0.15, 0.2) is 42.5 Å². The van der Waals surface area contributed by atoms with E-state index in [0.29, 0.717) is 36.3 Å². The highest BCUT2D eigenvalue weighted by Crippen LogP contribution is 2.31. The third-order valence-electron chi connectivity index (χ3n) is 3.83. The summed E-state index contributed by atoms with van der Waals surface area (Å²) in [4.78, 5) is 23.9. The van der Waals surface area contributed by atoms with Gasteiger partial charge in [-0.1, -0.05) is 6.07 Å². The predicted molar refractivity (Wildman–Crippen MR) is 97.0 cm³/mol. The molecule has 0 fully saturated rings. The van der Waals surface area contributed by atoms with Gasteiger partial charge in [0.2, 0.25) is 0 Å². The van der Waals surface area contributed by atoms with Gasteiger partial charge in [0.25, 0.3) is 5.91 Å².